The number of rotatable bonds is 3. The molecule has 3 rings (SSSR count). The average Bonchev–Trinajstić information content (AvgIpc) is 3.00. The van der Waals surface area contributed by atoms with Gasteiger partial charge in [0.25, 0.3) is 0 Å². The summed E-state index contributed by atoms with van der Waals surface area (Å²) in [7, 11) is 0. The van der Waals surface area contributed by atoms with Gasteiger partial charge in [-0.25, -0.2) is 4.68 Å². The molecule has 0 spiro atoms. The second-order valence-corrected chi connectivity index (χ2v) is 6.64. The highest BCUT2D eigenvalue weighted by molar-refractivity contribution is 6.32. The third-order valence-corrected chi connectivity index (χ3v) is 5.32. The molecule has 3 nitrogen and oxygen atoms in total. The molecule has 110 valence electrons. The van der Waals surface area contributed by atoms with E-state index < -0.39 is 0 Å². The third kappa shape index (κ3) is 2.65. The lowest BCUT2D eigenvalue weighted by molar-refractivity contribution is 0.112. The maximum atomic E-state index is 11.4. The van der Waals surface area contributed by atoms with Crippen molar-refractivity contribution in [3.05, 3.63) is 16.4 Å². The van der Waals surface area contributed by atoms with Crippen LogP contribution in [0.5, 0.6) is 0 Å². The van der Waals surface area contributed by atoms with Crippen molar-refractivity contribution < 1.29 is 4.79 Å². The molecule has 0 unspecified atom stereocenters. The molecule has 1 aromatic rings. The minimum Gasteiger partial charge on any atom is -0.298 e. The summed E-state index contributed by atoms with van der Waals surface area (Å²) in [4.78, 5) is 11.4. The summed E-state index contributed by atoms with van der Waals surface area (Å²) in [6.07, 6.45) is 13.1. The number of carbonyl (C=O) groups excluding carboxylic acids is 1. The van der Waals surface area contributed by atoms with Crippen LogP contribution in [0.1, 0.15) is 92.2 Å². The van der Waals surface area contributed by atoms with E-state index in [2.05, 4.69) is 0 Å². The van der Waals surface area contributed by atoms with E-state index in [9.17, 15) is 4.79 Å². The van der Waals surface area contributed by atoms with E-state index in [0.29, 0.717) is 22.7 Å². The Bertz CT molecular complexity index is 469. The zero-order valence-corrected chi connectivity index (χ0v) is 12.7. The maximum Gasteiger partial charge on any atom is 0.155 e. The van der Waals surface area contributed by atoms with Gasteiger partial charge in [-0.2, -0.15) is 5.10 Å². The van der Waals surface area contributed by atoms with Gasteiger partial charge in [0.05, 0.1) is 17.3 Å². The molecule has 1 heterocycles. The Balaban J connectivity index is 1.92. The highest BCUT2D eigenvalue weighted by Crippen LogP contribution is 2.38. The van der Waals surface area contributed by atoms with Crippen molar-refractivity contribution in [2.24, 2.45) is 0 Å². The van der Waals surface area contributed by atoms with Gasteiger partial charge in [-0.3, -0.25) is 4.79 Å². The van der Waals surface area contributed by atoms with Gasteiger partial charge in [0.1, 0.15) is 5.15 Å². The van der Waals surface area contributed by atoms with Gasteiger partial charge >= 0.3 is 0 Å². The van der Waals surface area contributed by atoms with Crippen LogP contribution in [-0.2, 0) is 0 Å². The normalized spacial score (nSPS) is 22.1. The van der Waals surface area contributed by atoms with E-state index in [1.165, 1.54) is 38.5 Å². The fourth-order valence-electron chi connectivity index (χ4n) is 3.80. The van der Waals surface area contributed by atoms with Gasteiger partial charge in [-0.05, 0) is 25.7 Å². The molecule has 1 aromatic heterocycles. The smallest absolute Gasteiger partial charge is 0.155 e. The Morgan fingerprint density at radius 3 is 2.20 bits per heavy atom. The van der Waals surface area contributed by atoms with Gasteiger partial charge < -0.3 is 0 Å². The number of nitrogens with zero attached hydrogens (tertiary/aromatic N) is 2. The van der Waals surface area contributed by atoms with Crippen molar-refractivity contribution in [3.63, 3.8) is 0 Å². The first-order valence-corrected chi connectivity index (χ1v) is 8.42. The largest absolute Gasteiger partial charge is 0.298 e. The van der Waals surface area contributed by atoms with E-state index in [-0.39, 0.29) is 0 Å². The lowest BCUT2D eigenvalue weighted by Crippen LogP contribution is -2.10. The van der Waals surface area contributed by atoms with Crippen molar-refractivity contribution in [2.75, 3.05) is 0 Å². The van der Waals surface area contributed by atoms with Crippen LogP contribution in [0.4, 0.5) is 0 Å². The molecule has 0 amide bonds. The van der Waals surface area contributed by atoms with Crippen LogP contribution < -0.4 is 0 Å². The Hall–Kier alpha value is -0.830. The van der Waals surface area contributed by atoms with Gasteiger partial charge in [0.15, 0.2) is 6.29 Å². The predicted octanol–water partition coefficient (Wildman–Crippen LogP) is 4.90. The molecule has 4 heteroatoms. The summed E-state index contributed by atoms with van der Waals surface area (Å²) in [5, 5.41) is 5.36. The lowest BCUT2D eigenvalue weighted by Gasteiger charge is -2.15. The summed E-state index contributed by atoms with van der Waals surface area (Å²) < 4.78 is 1.96. The molecule has 0 radical (unpaired) electrons. The van der Waals surface area contributed by atoms with Gasteiger partial charge in [0.2, 0.25) is 0 Å². The van der Waals surface area contributed by atoms with E-state index >= 15 is 0 Å². The number of aldehydes is 1. The summed E-state index contributed by atoms with van der Waals surface area (Å²) >= 11 is 6.46. The standard InChI is InChI=1S/C16H23ClN2O/c17-16-14(11-20)15(12-7-5-6-8-12)18-19(16)13-9-3-1-2-4-10-13/h11-13H,1-10H2. The van der Waals surface area contributed by atoms with Crippen molar-refractivity contribution in [1.82, 2.24) is 9.78 Å². The third-order valence-electron chi connectivity index (χ3n) is 4.95. The zero-order valence-electron chi connectivity index (χ0n) is 12.0. The van der Waals surface area contributed by atoms with Gasteiger partial charge in [0, 0.05) is 5.92 Å². The minimum absolute atomic E-state index is 0.388. The maximum absolute atomic E-state index is 11.4. The topological polar surface area (TPSA) is 34.9 Å². The Morgan fingerprint density at radius 1 is 1.00 bits per heavy atom. The molecule has 2 aliphatic rings. The molecule has 0 aliphatic heterocycles. The lowest BCUT2D eigenvalue weighted by atomic mass is 10.0. The first kappa shape index (κ1) is 14.1. The van der Waals surface area contributed by atoms with Crippen molar-refractivity contribution in [2.45, 2.75) is 76.2 Å². The van der Waals surface area contributed by atoms with Gasteiger partial charge in [-0.1, -0.05) is 50.1 Å². The summed E-state index contributed by atoms with van der Waals surface area (Å²) in [6.45, 7) is 0. The number of hydrogen-bond donors (Lipinski definition) is 0. The molecular weight excluding hydrogens is 272 g/mol. The summed E-state index contributed by atoms with van der Waals surface area (Å²) in [6, 6.07) is 0.388. The number of aromatic nitrogens is 2. The van der Waals surface area contributed by atoms with Crippen molar-refractivity contribution >= 4 is 17.9 Å². The van der Waals surface area contributed by atoms with Crippen LogP contribution >= 0.6 is 11.6 Å². The fourth-order valence-corrected chi connectivity index (χ4v) is 4.11. The number of hydrogen-bond acceptors (Lipinski definition) is 2. The summed E-state index contributed by atoms with van der Waals surface area (Å²) in [5.74, 6) is 0.444. The molecule has 2 aliphatic carbocycles. The molecule has 0 N–H and O–H groups in total. The van der Waals surface area contributed by atoms with Crippen LogP contribution in [0.15, 0.2) is 0 Å². The first-order valence-electron chi connectivity index (χ1n) is 8.04. The molecular formula is C16H23ClN2O. The first-order chi connectivity index (χ1) is 9.81. The van der Waals surface area contributed by atoms with Crippen LogP contribution in [0.2, 0.25) is 5.15 Å². The van der Waals surface area contributed by atoms with Crippen LogP contribution in [0.3, 0.4) is 0 Å². The van der Waals surface area contributed by atoms with E-state index in [0.717, 1.165) is 37.7 Å². The SMILES string of the molecule is O=Cc1c(C2CCCC2)nn(C2CCCCCC2)c1Cl. The fraction of sp³-hybridized carbons (Fsp3) is 0.750. The monoisotopic (exact) mass is 294 g/mol. The highest BCUT2D eigenvalue weighted by atomic mass is 35.5. The van der Waals surface area contributed by atoms with Crippen LogP contribution in [-0.4, -0.2) is 16.1 Å². The Labute approximate surface area is 125 Å². The highest BCUT2D eigenvalue weighted by Gasteiger charge is 2.28. The predicted molar refractivity (Wildman–Crippen MR) is 80.6 cm³/mol. The number of carbonyl (C=O) groups is 1. The van der Waals surface area contributed by atoms with E-state index in [1.54, 1.807) is 0 Å². The molecule has 2 saturated carbocycles. The molecule has 0 saturated heterocycles. The van der Waals surface area contributed by atoms with E-state index in [1.807, 2.05) is 4.68 Å². The molecule has 2 fully saturated rings. The Kier molecular flexibility index (Phi) is 4.45. The van der Waals surface area contributed by atoms with Crippen LogP contribution in [0, 0.1) is 0 Å². The second kappa shape index (κ2) is 6.30. The Morgan fingerprint density at radius 2 is 1.60 bits per heavy atom. The quantitative estimate of drug-likeness (QED) is 0.587. The van der Waals surface area contributed by atoms with Crippen LogP contribution in [0.25, 0.3) is 0 Å². The molecule has 0 aromatic carbocycles. The zero-order chi connectivity index (χ0) is 13.9. The average molecular weight is 295 g/mol. The molecule has 0 atom stereocenters. The summed E-state index contributed by atoms with van der Waals surface area (Å²) in [5.41, 5.74) is 1.62. The minimum atomic E-state index is 0.388. The molecule has 0 bridgehead atoms. The molecule has 20 heavy (non-hydrogen) atoms. The van der Waals surface area contributed by atoms with Crippen molar-refractivity contribution in [3.8, 4) is 0 Å². The van der Waals surface area contributed by atoms with Crippen molar-refractivity contribution in [1.29, 1.82) is 0 Å². The van der Waals surface area contributed by atoms with E-state index in [4.69, 9.17) is 16.7 Å². The number of halogens is 1. The van der Waals surface area contributed by atoms with Gasteiger partial charge in [-0.15, -0.1) is 0 Å². The second-order valence-electron chi connectivity index (χ2n) is 6.28.